The highest BCUT2D eigenvalue weighted by Gasteiger charge is 2.46. The van der Waals surface area contributed by atoms with Crippen molar-refractivity contribution >= 4 is 27.5 Å². The first-order valence-corrected chi connectivity index (χ1v) is 8.46. The quantitative estimate of drug-likeness (QED) is 0.629. The summed E-state index contributed by atoms with van der Waals surface area (Å²) >= 11 is 0. The molecule has 0 saturated heterocycles. The second kappa shape index (κ2) is 7.16. The number of ether oxygens (including phenoxy) is 1. The zero-order chi connectivity index (χ0) is 19.5. The van der Waals surface area contributed by atoms with Gasteiger partial charge in [0.1, 0.15) is 0 Å². The van der Waals surface area contributed by atoms with Gasteiger partial charge in [-0.25, -0.2) is 4.79 Å². The van der Waals surface area contributed by atoms with Crippen LogP contribution < -0.4 is 4.72 Å². The third-order valence-electron chi connectivity index (χ3n) is 3.27. The summed E-state index contributed by atoms with van der Waals surface area (Å²) in [5.74, 6) is -1.60. The van der Waals surface area contributed by atoms with Crippen molar-refractivity contribution in [1.29, 1.82) is 0 Å². The van der Waals surface area contributed by atoms with Gasteiger partial charge in [-0.05, 0) is 18.2 Å². The lowest BCUT2D eigenvalue weighted by atomic mass is 9.99. The van der Waals surface area contributed by atoms with Gasteiger partial charge >= 0.3 is 21.5 Å². The SMILES string of the molecule is COC(=O)c1ccc(NS(=O)(=O)C(F)(F)F)c(C(=O)c2ccccc2)c1. The van der Waals surface area contributed by atoms with Crippen LogP contribution in [0.2, 0.25) is 0 Å². The molecule has 0 amide bonds. The minimum Gasteiger partial charge on any atom is -0.465 e. The molecule has 0 aliphatic heterocycles. The molecule has 2 aromatic carbocycles. The summed E-state index contributed by atoms with van der Waals surface area (Å²) in [6.07, 6.45) is 0. The molecule has 0 aromatic heterocycles. The Morgan fingerprint density at radius 2 is 1.62 bits per heavy atom. The molecule has 0 heterocycles. The summed E-state index contributed by atoms with van der Waals surface area (Å²) < 4.78 is 66.5. The lowest BCUT2D eigenvalue weighted by Gasteiger charge is -2.14. The second-order valence-electron chi connectivity index (χ2n) is 5.00. The Morgan fingerprint density at radius 3 is 2.15 bits per heavy atom. The van der Waals surface area contributed by atoms with Gasteiger partial charge in [-0.2, -0.15) is 21.6 Å². The van der Waals surface area contributed by atoms with Crippen LogP contribution in [0.25, 0.3) is 0 Å². The van der Waals surface area contributed by atoms with E-state index in [0.29, 0.717) is 0 Å². The number of carbonyl (C=O) groups excluding carboxylic acids is 2. The topological polar surface area (TPSA) is 89.5 Å². The van der Waals surface area contributed by atoms with Crippen molar-refractivity contribution in [3.63, 3.8) is 0 Å². The molecule has 6 nitrogen and oxygen atoms in total. The number of methoxy groups -OCH3 is 1. The monoisotopic (exact) mass is 387 g/mol. The fourth-order valence-corrected chi connectivity index (χ4v) is 2.60. The van der Waals surface area contributed by atoms with Gasteiger partial charge in [-0.3, -0.25) is 9.52 Å². The van der Waals surface area contributed by atoms with Crippen LogP contribution in [0.15, 0.2) is 48.5 Å². The molecule has 2 aromatic rings. The summed E-state index contributed by atoms with van der Waals surface area (Å²) in [6, 6.07) is 10.4. The average Bonchev–Trinajstić information content (AvgIpc) is 2.60. The average molecular weight is 387 g/mol. The Bertz CT molecular complexity index is 940. The summed E-state index contributed by atoms with van der Waals surface area (Å²) in [4.78, 5) is 24.2. The third-order valence-corrected chi connectivity index (χ3v) is 4.37. The zero-order valence-corrected chi connectivity index (χ0v) is 14.0. The van der Waals surface area contributed by atoms with Crippen molar-refractivity contribution in [2.45, 2.75) is 5.51 Å². The number of alkyl halides is 3. The smallest absolute Gasteiger partial charge is 0.465 e. The van der Waals surface area contributed by atoms with E-state index in [1.165, 1.54) is 29.0 Å². The number of benzene rings is 2. The van der Waals surface area contributed by atoms with Gasteiger partial charge in [0, 0.05) is 11.1 Å². The number of halogens is 3. The summed E-state index contributed by atoms with van der Waals surface area (Å²) in [7, 11) is -4.66. The number of hydrogen-bond acceptors (Lipinski definition) is 5. The van der Waals surface area contributed by atoms with Gasteiger partial charge in [0.15, 0.2) is 5.78 Å². The highest BCUT2D eigenvalue weighted by Crippen LogP contribution is 2.29. The van der Waals surface area contributed by atoms with Gasteiger partial charge in [-0.15, -0.1) is 0 Å². The van der Waals surface area contributed by atoms with Crippen molar-refractivity contribution in [3.8, 4) is 0 Å². The van der Waals surface area contributed by atoms with Crippen molar-refractivity contribution in [2.75, 3.05) is 11.8 Å². The molecule has 138 valence electrons. The number of esters is 1. The van der Waals surface area contributed by atoms with Crippen LogP contribution in [0, 0.1) is 0 Å². The minimum atomic E-state index is -5.75. The first kappa shape index (κ1) is 19.4. The van der Waals surface area contributed by atoms with Gasteiger partial charge in [0.2, 0.25) is 0 Å². The fraction of sp³-hybridized carbons (Fsp3) is 0.125. The molecule has 0 fully saturated rings. The normalized spacial score (nSPS) is 11.7. The maximum absolute atomic E-state index is 12.6. The molecule has 0 bridgehead atoms. The molecule has 2 rings (SSSR count). The van der Waals surface area contributed by atoms with Crippen LogP contribution in [-0.4, -0.2) is 32.8 Å². The first-order valence-electron chi connectivity index (χ1n) is 6.98. The fourth-order valence-electron chi connectivity index (χ4n) is 2.01. The standard InChI is InChI=1S/C16H12F3NO5S/c1-25-15(22)11-7-8-13(20-26(23,24)16(17,18)19)12(9-11)14(21)10-5-3-2-4-6-10/h2-9,20H,1H3. The molecular formula is C16H12F3NO5S. The van der Waals surface area contributed by atoms with E-state index in [2.05, 4.69) is 4.74 Å². The molecule has 0 aliphatic rings. The highest BCUT2D eigenvalue weighted by atomic mass is 32.2. The molecule has 0 saturated carbocycles. The van der Waals surface area contributed by atoms with E-state index in [9.17, 15) is 31.2 Å². The lowest BCUT2D eigenvalue weighted by molar-refractivity contribution is -0.0429. The number of carbonyl (C=O) groups is 2. The van der Waals surface area contributed by atoms with Crippen LogP contribution in [-0.2, 0) is 14.8 Å². The zero-order valence-electron chi connectivity index (χ0n) is 13.2. The van der Waals surface area contributed by atoms with E-state index < -0.39 is 38.5 Å². The van der Waals surface area contributed by atoms with Crippen LogP contribution in [0.5, 0.6) is 0 Å². The number of nitrogens with one attached hydrogen (secondary N) is 1. The van der Waals surface area contributed by atoms with Gasteiger partial charge < -0.3 is 4.74 Å². The Kier molecular flexibility index (Phi) is 5.36. The predicted octanol–water partition coefficient (Wildman–Crippen LogP) is 2.97. The molecule has 0 atom stereocenters. The molecule has 0 aliphatic carbocycles. The van der Waals surface area contributed by atoms with E-state index in [0.717, 1.165) is 25.3 Å². The van der Waals surface area contributed by atoms with Crippen LogP contribution in [0.1, 0.15) is 26.3 Å². The Balaban J connectivity index is 2.58. The maximum Gasteiger partial charge on any atom is 0.516 e. The molecule has 10 heteroatoms. The van der Waals surface area contributed by atoms with Crippen molar-refractivity contribution in [1.82, 2.24) is 0 Å². The Labute approximate surface area is 146 Å². The number of rotatable bonds is 5. The van der Waals surface area contributed by atoms with Gasteiger partial charge in [-0.1, -0.05) is 30.3 Å². The van der Waals surface area contributed by atoms with Gasteiger partial charge in [0.25, 0.3) is 0 Å². The van der Waals surface area contributed by atoms with E-state index in [4.69, 9.17) is 0 Å². The highest BCUT2D eigenvalue weighted by molar-refractivity contribution is 7.93. The Hall–Kier alpha value is -2.88. The van der Waals surface area contributed by atoms with Gasteiger partial charge in [0.05, 0.1) is 18.4 Å². The largest absolute Gasteiger partial charge is 0.516 e. The maximum atomic E-state index is 12.6. The van der Waals surface area contributed by atoms with Crippen molar-refractivity contribution in [2.24, 2.45) is 0 Å². The van der Waals surface area contributed by atoms with E-state index in [1.807, 2.05) is 0 Å². The number of anilines is 1. The minimum absolute atomic E-state index is 0.0990. The summed E-state index contributed by atoms with van der Waals surface area (Å²) in [6.45, 7) is 0. The summed E-state index contributed by atoms with van der Waals surface area (Å²) in [5, 5.41) is 0. The van der Waals surface area contributed by atoms with Crippen LogP contribution in [0.3, 0.4) is 0 Å². The molecule has 0 radical (unpaired) electrons. The van der Waals surface area contributed by atoms with E-state index >= 15 is 0 Å². The summed E-state index contributed by atoms with van der Waals surface area (Å²) in [5.41, 5.74) is -6.62. The molecule has 0 spiro atoms. The van der Waals surface area contributed by atoms with Crippen molar-refractivity contribution in [3.05, 3.63) is 65.2 Å². The number of hydrogen-bond donors (Lipinski definition) is 1. The molecule has 26 heavy (non-hydrogen) atoms. The van der Waals surface area contributed by atoms with E-state index in [1.54, 1.807) is 6.07 Å². The molecule has 0 unspecified atom stereocenters. The van der Waals surface area contributed by atoms with Crippen LogP contribution in [0.4, 0.5) is 18.9 Å². The Morgan fingerprint density at radius 1 is 1.00 bits per heavy atom. The molecule has 1 N–H and O–H groups in total. The van der Waals surface area contributed by atoms with E-state index in [-0.39, 0.29) is 11.1 Å². The first-order chi connectivity index (χ1) is 12.1. The number of ketones is 1. The predicted molar refractivity (Wildman–Crippen MR) is 86.3 cm³/mol. The van der Waals surface area contributed by atoms with Crippen molar-refractivity contribution < 1.29 is 35.9 Å². The number of sulfonamides is 1. The lowest BCUT2D eigenvalue weighted by Crippen LogP contribution is -2.30. The van der Waals surface area contributed by atoms with Crippen LogP contribution >= 0.6 is 0 Å². The molecular weight excluding hydrogens is 375 g/mol. The second-order valence-corrected chi connectivity index (χ2v) is 6.67. The third kappa shape index (κ3) is 4.02.